The molecule has 0 unspecified atom stereocenters. The van der Waals surface area contributed by atoms with Gasteiger partial charge in [-0.15, -0.1) is 0 Å². The molecule has 3 rings (SSSR count). The fourth-order valence-electron chi connectivity index (χ4n) is 4.27. The number of fused-ring (bicyclic) bond motifs is 3. The van der Waals surface area contributed by atoms with Crippen LogP contribution in [0.5, 0.6) is 0 Å². The van der Waals surface area contributed by atoms with Crippen LogP contribution in [0.25, 0.3) is 11.1 Å². The highest BCUT2D eigenvalue weighted by molar-refractivity contribution is 6.00. The summed E-state index contributed by atoms with van der Waals surface area (Å²) < 4.78 is 0. The Morgan fingerprint density at radius 3 is 1.80 bits per heavy atom. The van der Waals surface area contributed by atoms with Crippen molar-refractivity contribution in [3.05, 3.63) is 59.7 Å². The van der Waals surface area contributed by atoms with E-state index in [0.29, 0.717) is 0 Å². The third-order valence-corrected chi connectivity index (χ3v) is 6.54. The minimum absolute atomic E-state index is 0.165. The molecule has 2 aromatic carbocycles. The fourth-order valence-corrected chi connectivity index (χ4v) is 4.27. The van der Waals surface area contributed by atoms with Gasteiger partial charge in [0, 0.05) is 6.54 Å². The van der Waals surface area contributed by atoms with Gasteiger partial charge in [-0.25, -0.2) is 0 Å². The van der Waals surface area contributed by atoms with E-state index in [-0.39, 0.29) is 5.91 Å². The molecule has 0 saturated heterocycles. The maximum Gasteiger partial charge on any atom is 0.235 e. The summed E-state index contributed by atoms with van der Waals surface area (Å²) in [6.45, 7) is 11.8. The minimum atomic E-state index is -0.530. The zero-order valence-corrected chi connectivity index (χ0v) is 19.8. The second-order valence-corrected chi connectivity index (χ2v) is 8.63. The minimum Gasteiger partial charge on any atom is -0.355 e. The van der Waals surface area contributed by atoms with Crippen LogP contribution in [0.15, 0.2) is 48.5 Å². The van der Waals surface area contributed by atoms with Gasteiger partial charge in [0.05, 0.1) is 0 Å². The quantitative estimate of drug-likeness (QED) is 0.428. The lowest BCUT2D eigenvalue weighted by Crippen LogP contribution is -2.44. The third kappa shape index (κ3) is 5.14. The van der Waals surface area contributed by atoms with Crippen LogP contribution in [0.3, 0.4) is 0 Å². The maximum atomic E-state index is 13.3. The predicted octanol–water partition coefficient (Wildman–Crippen LogP) is 7.50. The van der Waals surface area contributed by atoms with Crippen molar-refractivity contribution in [1.29, 1.82) is 0 Å². The van der Waals surface area contributed by atoms with Gasteiger partial charge in [0.2, 0.25) is 5.91 Å². The number of carbonyl (C=O) groups excluding carboxylic acids is 1. The summed E-state index contributed by atoms with van der Waals surface area (Å²) in [6, 6.07) is 16.9. The van der Waals surface area contributed by atoms with Crippen LogP contribution in [-0.2, 0) is 10.2 Å². The first-order valence-corrected chi connectivity index (χ1v) is 12.0. The molecule has 30 heavy (non-hydrogen) atoms. The topological polar surface area (TPSA) is 29.1 Å². The monoisotopic (exact) mass is 407 g/mol. The highest BCUT2D eigenvalue weighted by Gasteiger charge is 2.48. The summed E-state index contributed by atoms with van der Waals surface area (Å²) in [4.78, 5) is 13.3. The summed E-state index contributed by atoms with van der Waals surface area (Å²) in [5.41, 5.74) is 4.26. The number of hydrogen-bond acceptors (Lipinski definition) is 1. The zero-order valence-electron chi connectivity index (χ0n) is 19.8. The molecular weight excluding hydrogens is 366 g/mol. The second kappa shape index (κ2) is 11.9. The molecule has 0 bridgehead atoms. The molecule has 164 valence electrons. The Labute approximate surface area is 184 Å². The Bertz CT molecular complexity index is 745. The molecule has 1 N–H and O–H groups in total. The Morgan fingerprint density at radius 1 is 0.833 bits per heavy atom. The molecule has 0 radical (unpaired) electrons. The van der Waals surface area contributed by atoms with Crippen LogP contribution >= 0.6 is 0 Å². The van der Waals surface area contributed by atoms with Crippen molar-refractivity contribution in [2.24, 2.45) is 5.92 Å². The van der Waals surface area contributed by atoms with Crippen molar-refractivity contribution in [2.45, 2.75) is 85.0 Å². The average molecular weight is 408 g/mol. The number of amides is 1. The molecule has 0 aromatic heterocycles. The highest BCUT2D eigenvalue weighted by atomic mass is 16.2. The number of hydrogen-bond donors (Lipinski definition) is 1. The summed E-state index contributed by atoms with van der Waals surface area (Å²) in [7, 11) is 0. The highest BCUT2D eigenvalue weighted by Crippen LogP contribution is 2.51. The van der Waals surface area contributed by atoms with Crippen LogP contribution in [0.2, 0.25) is 0 Å². The van der Waals surface area contributed by atoms with Gasteiger partial charge in [-0.05, 0) is 41.0 Å². The molecule has 1 aliphatic carbocycles. The van der Waals surface area contributed by atoms with E-state index in [9.17, 15) is 4.79 Å². The van der Waals surface area contributed by atoms with Crippen LogP contribution < -0.4 is 5.32 Å². The molecule has 1 amide bonds. The zero-order chi connectivity index (χ0) is 22.0. The summed E-state index contributed by atoms with van der Waals surface area (Å²) in [5.74, 6) is 1.10. The Morgan fingerprint density at radius 2 is 1.37 bits per heavy atom. The second-order valence-electron chi connectivity index (χ2n) is 8.63. The molecule has 0 heterocycles. The van der Waals surface area contributed by atoms with E-state index in [1.54, 1.807) is 0 Å². The number of benzene rings is 2. The van der Waals surface area contributed by atoms with Gasteiger partial charge in [-0.2, -0.15) is 0 Å². The van der Waals surface area contributed by atoms with Crippen molar-refractivity contribution in [2.75, 3.05) is 6.54 Å². The van der Waals surface area contributed by atoms with E-state index in [4.69, 9.17) is 0 Å². The van der Waals surface area contributed by atoms with Gasteiger partial charge in [-0.1, -0.05) is 115 Å². The summed E-state index contributed by atoms with van der Waals surface area (Å²) >= 11 is 0. The van der Waals surface area contributed by atoms with E-state index in [1.807, 2.05) is 0 Å². The van der Waals surface area contributed by atoms with Crippen LogP contribution in [0, 0.1) is 5.92 Å². The third-order valence-electron chi connectivity index (χ3n) is 6.54. The molecule has 2 heteroatoms. The van der Waals surface area contributed by atoms with Crippen LogP contribution in [-0.4, -0.2) is 12.5 Å². The maximum absolute atomic E-state index is 13.3. The van der Waals surface area contributed by atoms with E-state index in [0.717, 1.165) is 44.6 Å². The van der Waals surface area contributed by atoms with Crippen LogP contribution in [0.4, 0.5) is 0 Å². The lowest BCUT2D eigenvalue weighted by Gasteiger charge is -2.31. The number of carbonyl (C=O) groups is 1. The lowest BCUT2D eigenvalue weighted by atomic mass is 9.73. The van der Waals surface area contributed by atoms with Gasteiger partial charge in [-0.3, -0.25) is 4.79 Å². The smallest absolute Gasteiger partial charge is 0.235 e. The Hall–Kier alpha value is -2.09. The summed E-state index contributed by atoms with van der Waals surface area (Å²) in [6.07, 6.45) is 7.89. The fraction of sp³-hybridized carbons (Fsp3) is 0.536. The first kappa shape index (κ1) is 24.2. The first-order chi connectivity index (χ1) is 14.6. The van der Waals surface area contributed by atoms with E-state index >= 15 is 0 Å². The van der Waals surface area contributed by atoms with E-state index in [1.165, 1.54) is 35.1 Å². The van der Waals surface area contributed by atoms with E-state index < -0.39 is 5.41 Å². The molecule has 0 aliphatic heterocycles. The molecule has 0 spiro atoms. The molecule has 0 fully saturated rings. The number of rotatable bonds is 9. The van der Waals surface area contributed by atoms with Crippen molar-refractivity contribution in [1.82, 2.24) is 5.32 Å². The SMILES string of the molecule is CCC(C)CC.CCCCCC1(C(=O)NCCC)c2ccccc2-c2ccccc21. The number of nitrogens with one attached hydrogen (secondary N) is 1. The van der Waals surface area contributed by atoms with Gasteiger partial charge in [0.15, 0.2) is 0 Å². The predicted molar refractivity (Wildman–Crippen MR) is 130 cm³/mol. The van der Waals surface area contributed by atoms with Crippen molar-refractivity contribution in [3.8, 4) is 11.1 Å². The van der Waals surface area contributed by atoms with Crippen molar-refractivity contribution >= 4 is 5.91 Å². The van der Waals surface area contributed by atoms with Crippen molar-refractivity contribution < 1.29 is 4.79 Å². The largest absolute Gasteiger partial charge is 0.355 e. The summed E-state index contributed by atoms with van der Waals surface area (Å²) in [5, 5.41) is 3.18. The standard InChI is InChI=1S/C22H27NO.C6H14/c1-3-5-10-15-22(21(24)23-16-4-2)19-13-8-6-11-17(19)18-12-7-9-14-20(18)22;1-4-6(3)5-2/h6-9,11-14H,3-5,10,15-16H2,1-2H3,(H,23,24);6H,4-5H2,1-3H3. The van der Waals surface area contributed by atoms with Gasteiger partial charge in [0.1, 0.15) is 5.41 Å². The molecule has 2 nitrogen and oxygen atoms in total. The van der Waals surface area contributed by atoms with Gasteiger partial charge >= 0.3 is 0 Å². The molecule has 1 aliphatic rings. The molecule has 0 atom stereocenters. The van der Waals surface area contributed by atoms with Crippen LogP contribution in [0.1, 0.15) is 90.7 Å². The first-order valence-electron chi connectivity index (χ1n) is 12.0. The Balaban J connectivity index is 0.000000469. The van der Waals surface area contributed by atoms with Crippen molar-refractivity contribution in [3.63, 3.8) is 0 Å². The Kier molecular flexibility index (Phi) is 9.62. The molecule has 2 aromatic rings. The molecular formula is C28H41NO. The lowest BCUT2D eigenvalue weighted by molar-refractivity contribution is -0.125. The van der Waals surface area contributed by atoms with E-state index in [2.05, 4.69) is 88.5 Å². The van der Waals surface area contributed by atoms with Gasteiger partial charge in [0.25, 0.3) is 0 Å². The van der Waals surface area contributed by atoms with Gasteiger partial charge < -0.3 is 5.32 Å². The average Bonchev–Trinajstić information content (AvgIpc) is 3.08. The number of unbranched alkanes of at least 4 members (excludes halogenated alkanes) is 2. The molecule has 0 saturated carbocycles. The normalized spacial score (nSPS) is 13.3.